The summed E-state index contributed by atoms with van der Waals surface area (Å²) in [7, 11) is 0. The monoisotopic (exact) mass is 819 g/mol. The first-order valence-corrected chi connectivity index (χ1v) is 22.0. The van der Waals surface area contributed by atoms with Crippen molar-refractivity contribution >= 4 is 50.2 Å². The first-order chi connectivity index (χ1) is 31.7. The highest BCUT2D eigenvalue weighted by Crippen LogP contribution is 2.41. The quantitative estimate of drug-likeness (QED) is 0.136. The lowest BCUT2D eigenvalue weighted by molar-refractivity contribution is 0.783. The van der Waals surface area contributed by atoms with E-state index in [-0.39, 0.29) is 6.04 Å². The van der Waals surface area contributed by atoms with Gasteiger partial charge < -0.3 is 14.4 Å². The number of allylic oxidation sites excluding steroid dienone is 2. The normalized spacial score (nSPS) is 13.2. The van der Waals surface area contributed by atoms with Gasteiger partial charge in [0.25, 0.3) is 0 Å². The molecule has 0 fully saturated rings. The van der Waals surface area contributed by atoms with Gasteiger partial charge in [0.2, 0.25) is 0 Å². The van der Waals surface area contributed by atoms with E-state index in [1.807, 2.05) is 12.1 Å². The van der Waals surface area contributed by atoms with Crippen molar-refractivity contribution in [2.45, 2.75) is 19.4 Å². The molecule has 0 radical (unpaired) electrons. The molecule has 1 atom stereocenters. The highest BCUT2D eigenvalue weighted by atomic mass is 15.2. The molecular weight excluding hydrogens is 775 g/mol. The van der Waals surface area contributed by atoms with Crippen molar-refractivity contribution in [2.24, 2.45) is 0 Å². The number of benzene rings is 8. The molecule has 11 rings (SSSR count). The van der Waals surface area contributed by atoms with Crippen LogP contribution in [0.15, 0.2) is 237 Å². The van der Waals surface area contributed by atoms with Crippen molar-refractivity contribution in [3.8, 4) is 39.1 Å². The standard InChI is InChI=1S/C61H45N3/c1-44-56(49-17-6-2-7-18-49)26-16-28-59(44)63(51-21-10-4-11-22-51)54-39-35-48(36-40-54)46-31-29-45(30-32-46)47-33-37-53(38-34-47)62(50-19-8-3-9-20-50)55-41-42-61-58(43-55)57-25-14-15-27-60(57)64(61)52-23-12-5-13-24-52/h2-6,8-17,19-21,23-43,51H,22H2,1H3. The van der Waals surface area contributed by atoms with Crippen LogP contribution in [0.4, 0.5) is 28.4 Å². The number of hydrogen-bond donors (Lipinski definition) is 0. The van der Waals surface area contributed by atoms with Crippen LogP contribution in [0.3, 0.4) is 0 Å². The van der Waals surface area contributed by atoms with E-state index in [2.05, 4.69) is 258 Å². The number of rotatable bonds is 10. The second-order valence-corrected chi connectivity index (χ2v) is 16.4. The predicted octanol–water partition coefficient (Wildman–Crippen LogP) is 16.2. The summed E-state index contributed by atoms with van der Waals surface area (Å²) in [5.41, 5.74) is 17.4. The Hall–Kier alpha value is -8.32. The van der Waals surface area contributed by atoms with Gasteiger partial charge in [0.05, 0.1) is 17.1 Å². The zero-order valence-electron chi connectivity index (χ0n) is 35.6. The van der Waals surface area contributed by atoms with Crippen molar-refractivity contribution in [1.29, 1.82) is 0 Å². The molecule has 0 bridgehead atoms. The summed E-state index contributed by atoms with van der Waals surface area (Å²) in [5, 5.41) is 2.46. The summed E-state index contributed by atoms with van der Waals surface area (Å²) in [6.07, 6.45) is 9.81. The fourth-order valence-electron chi connectivity index (χ4n) is 9.41. The van der Waals surface area contributed by atoms with Crippen LogP contribution in [0, 0.1) is 19.1 Å². The zero-order chi connectivity index (χ0) is 42.8. The average molecular weight is 820 g/mol. The highest BCUT2D eigenvalue weighted by Gasteiger charge is 2.22. The lowest BCUT2D eigenvalue weighted by Gasteiger charge is -2.34. The van der Waals surface area contributed by atoms with E-state index in [1.54, 1.807) is 0 Å². The van der Waals surface area contributed by atoms with Gasteiger partial charge in [0, 0.05) is 50.5 Å². The third-order valence-electron chi connectivity index (χ3n) is 12.6. The number of fused-ring (bicyclic) bond motifs is 3. The molecule has 0 saturated heterocycles. The van der Waals surface area contributed by atoms with Gasteiger partial charge in [0.15, 0.2) is 0 Å². The average Bonchev–Trinajstić information content (AvgIpc) is 3.70. The minimum absolute atomic E-state index is 0.207. The molecule has 1 unspecified atom stereocenters. The Morgan fingerprint density at radius 2 is 1.11 bits per heavy atom. The first kappa shape index (κ1) is 38.6. The summed E-state index contributed by atoms with van der Waals surface area (Å²) in [6.45, 7) is 2.22. The lowest BCUT2D eigenvalue weighted by Crippen LogP contribution is -2.30. The van der Waals surface area contributed by atoms with Crippen LogP contribution in [-0.2, 0) is 0 Å². The van der Waals surface area contributed by atoms with Crippen molar-refractivity contribution < 1.29 is 0 Å². The Bertz CT molecular complexity index is 3270. The van der Waals surface area contributed by atoms with E-state index in [4.69, 9.17) is 0 Å². The molecule has 0 spiro atoms. The van der Waals surface area contributed by atoms with Crippen molar-refractivity contribution in [3.05, 3.63) is 254 Å². The SMILES string of the molecule is Cc1c(-c2c#cccc2)cccc1N(c1ccc(-c2ccc(-c3ccc(N(c4ccccc4)c4ccc5c(c4)c4ccccc4n5-c4ccccc4)cc3)cc2)cc1)C1C=CC=CC1. The van der Waals surface area contributed by atoms with E-state index in [0.717, 1.165) is 40.4 Å². The van der Waals surface area contributed by atoms with Crippen LogP contribution < -0.4 is 9.80 Å². The molecule has 0 N–H and O–H groups in total. The largest absolute Gasteiger partial charge is 0.334 e. The van der Waals surface area contributed by atoms with Crippen LogP contribution in [-0.4, -0.2) is 10.6 Å². The second-order valence-electron chi connectivity index (χ2n) is 16.4. The molecular formula is C61H45N3. The molecule has 64 heavy (non-hydrogen) atoms. The van der Waals surface area contributed by atoms with Gasteiger partial charge in [-0.05, 0) is 138 Å². The Kier molecular flexibility index (Phi) is 10.2. The van der Waals surface area contributed by atoms with Gasteiger partial charge in [0.1, 0.15) is 0 Å². The maximum Gasteiger partial charge on any atom is 0.0559 e. The van der Waals surface area contributed by atoms with E-state index in [0.29, 0.717) is 0 Å². The molecule has 1 aliphatic carbocycles. The fourth-order valence-corrected chi connectivity index (χ4v) is 9.41. The van der Waals surface area contributed by atoms with Crippen LogP contribution in [0.1, 0.15) is 12.0 Å². The Balaban J connectivity index is 0.878. The van der Waals surface area contributed by atoms with E-state index < -0.39 is 0 Å². The number of para-hydroxylation sites is 3. The summed E-state index contributed by atoms with van der Waals surface area (Å²) in [4.78, 5) is 4.83. The van der Waals surface area contributed by atoms with Crippen molar-refractivity contribution in [3.63, 3.8) is 0 Å². The predicted molar refractivity (Wildman–Crippen MR) is 269 cm³/mol. The molecule has 9 aromatic carbocycles. The maximum absolute atomic E-state index is 3.31. The number of hydrogen-bond acceptors (Lipinski definition) is 2. The van der Waals surface area contributed by atoms with Crippen LogP contribution in [0.25, 0.3) is 60.9 Å². The Morgan fingerprint density at radius 3 is 1.78 bits per heavy atom. The number of anilines is 5. The number of nitrogens with zero attached hydrogens (tertiary/aromatic N) is 3. The molecule has 10 aromatic rings. The second kappa shape index (κ2) is 16.9. The van der Waals surface area contributed by atoms with Gasteiger partial charge in [-0.25, -0.2) is 0 Å². The van der Waals surface area contributed by atoms with Crippen LogP contribution in [0.2, 0.25) is 0 Å². The summed E-state index contributed by atoms with van der Waals surface area (Å²) < 4.78 is 2.37. The van der Waals surface area contributed by atoms with Crippen molar-refractivity contribution in [2.75, 3.05) is 9.80 Å². The third kappa shape index (κ3) is 7.22. The Labute approximate surface area is 375 Å². The summed E-state index contributed by atoms with van der Waals surface area (Å²) in [5.74, 6) is 0. The van der Waals surface area contributed by atoms with Gasteiger partial charge >= 0.3 is 0 Å². The maximum atomic E-state index is 3.31. The Morgan fingerprint density at radius 1 is 0.500 bits per heavy atom. The van der Waals surface area contributed by atoms with E-state index in [1.165, 1.54) is 60.9 Å². The zero-order valence-corrected chi connectivity index (χ0v) is 35.6. The minimum atomic E-state index is 0.207. The summed E-state index contributed by atoms with van der Waals surface area (Å²) >= 11 is 0. The van der Waals surface area contributed by atoms with E-state index >= 15 is 0 Å². The molecule has 3 heteroatoms. The molecule has 0 aliphatic heterocycles. The smallest absolute Gasteiger partial charge is 0.0559 e. The molecule has 304 valence electrons. The lowest BCUT2D eigenvalue weighted by atomic mass is 9.96. The third-order valence-corrected chi connectivity index (χ3v) is 12.6. The fraction of sp³-hybridized carbons (Fsp3) is 0.0492. The minimum Gasteiger partial charge on any atom is -0.334 e. The van der Waals surface area contributed by atoms with Gasteiger partial charge in [-0.15, -0.1) is 0 Å². The highest BCUT2D eigenvalue weighted by molar-refractivity contribution is 6.10. The van der Waals surface area contributed by atoms with Gasteiger partial charge in [-0.1, -0.05) is 158 Å². The van der Waals surface area contributed by atoms with Gasteiger partial charge in [-0.3, -0.25) is 0 Å². The van der Waals surface area contributed by atoms with E-state index in [9.17, 15) is 0 Å². The molecule has 3 nitrogen and oxygen atoms in total. The molecule has 1 aromatic heterocycles. The van der Waals surface area contributed by atoms with Crippen LogP contribution >= 0.6 is 0 Å². The topological polar surface area (TPSA) is 11.4 Å². The molecule has 1 heterocycles. The van der Waals surface area contributed by atoms with Crippen LogP contribution in [0.5, 0.6) is 0 Å². The number of aromatic nitrogens is 1. The van der Waals surface area contributed by atoms with Crippen molar-refractivity contribution in [1.82, 2.24) is 4.57 Å². The first-order valence-electron chi connectivity index (χ1n) is 22.0. The molecule has 0 saturated carbocycles. The molecule has 0 amide bonds. The molecule has 1 aliphatic rings. The van der Waals surface area contributed by atoms with Gasteiger partial charge in [-0.2, -0.15) is 0 Å². The summed E-state index contributed by atoms with van der Waals surface area (Å²) in [6, 6.07) is 83.1.